The average Bonchev–Trinajstić information content (AvgIpc) is 3.40. The van der Waals surface area contributed by atoms with Crippen LogP contribution in [0.4, 0.5) is 4.39 Å². The van der Waals surface area contributed by atoms with Crippen molar-refractivity contribution in [2.75, 3.05) is 18.9 Å². The van der Waals surface area contributed by atoms with Crippen LogP contribution in [-0.2, 0) is 10.0 Å². The smallest absolute Gasteiger partial charge is 0.212 e. The van der Waals surface area contributed by atoms with E-state index in [0.717, 1.165) is 25.7 Å². The van der Waals surface area contributed by atoms with Gasteiger partial charge in [-0.05, 0) is 61.3 Å². The summed E-state index contributed by atoms with van der Waals surface area (Å²) in [5.74, 6) is 0.345. The molecule has 7 heteroatoms. The Balaban J connectivity index is 2.14. The van der Waals surface area contributed by atoms with E-state index < -0.39 is 21.9 Å². The van der Waals surface area contributed by atoms with Gasteiger partial charge in [0.2, 0.25) is 10.0 Å². The fraction of sp³-hybridized carbons (Fsp3) is 0.700. The fourth-order valence-electron chi connectivity index (χ4n) is 2.90. The summed E-state index contributed by atoms with van der Waals surface area (Å²) in [5.41, 5.74) is 5.79. The van der Waals surface area contributed by atoms with Crippen LogP contribution in [0.1, 0.15) is 64.5 Å². The second-order valence-corrected chi connectivity index (χ2v) is 10.4. The van der Waals surface area contributed by atoms with Gasteiger partial charge in [-0.15, -0.1) is 0 Å². The first-order valence-corrected chi connectivity index (χ1v) is 11.4. The van der Waals surface area contributed by atoms with E-state index in [2.05, 4.69) is 4.72 Å². The number of nitrogens with two attached hydrogens (primary N) is 1. The Hall–Kier alpha value is -1.18. The Morgan fingerprint density at radius 3 is 2.56 bits per heavy atom. The minimum absolute atomic E-state index is 0.0613. The Morgan fingerprint density at radius 2 is 1.96 bits per heavy atom. The van der Waals surface area contributed by atoms with Crippen molar-refractivity contribution in [3.8, 4) is 5.75 Å². The van der Waals surface area contributed by atoms with Gasteiger partial charge in [0, 0.05) is 0 Å². The van der Waals surface area contributed by atoms with Gasteiger partial charge in [-0.2, -0.15) is 0 Å². The first-order chi connectivity index (χ1) is 12.6. The maximum absolute atomic E-state index is 14.1. The normalized spacial score (nSPS) is 16.3. The maximum Gasteiger partial charge on any atom is 0.212 e. The molecular weight excluding hydrogens is 367 g/mol. The highest BCUT2D eigenvalue weighted by molar-refractivity contribution is 7.89. The second-order valence-electron chi connectivity index (χ2n) is 8.53. The Labute approximate surface area is 162 Å². The maximum atomic E-state index is 14.1. The minimum atomic E-state index is -3.46. The van der Waals surface area contributed by atoms with Gasteiger partial charge in [-0.25, -0.2) is 17.5 Å². The fourth-order valence-corrected chi connectivity index (χ4v) is 4.45. The summed E-state index contributed by atoms with van der Waals surface area (Å²) in [7, 11) is -3.46. The van der Waals surface area contributed by atoms with Gasteiger partial charge in [-0.1, -0.05) is 33.3 Å². The topological polar surface area (TPSA) is 81.4 Å². The molecule has 1 aromatic carbocycles. The lowest BCUT2D eigenvalue weighted by atomic mass is 9.83. The van der Waals surface area contributed by atoms with Gasteiger partial charge >= 0.3 is 0 Å². The number of hydrogen-bond acceptors (Lipinski definition) is 4. The molecule has 1 unspecified atom stereocenters. The molecule has 0 spiro atoms. The van der Waals surface area contributed by atoms with Crippen molar-refractivity contribution >= 4 is 10.0 Å². The van der Waals surface area contributed by atoms with E-state index in [1.165, 1.54) is 6.07 Å². The highest BCUT2D eigenvalue weighted by Crippen LogP contribution is 2.36. The third-order valence-electron chi connectivity index (χ3n) is 4.74. The molecular formula is C20H33FN2O3S. The standard InChI is InChI=1S/C20H33FN2O3S/c1-20(2,3)19(23-27(24,25)12-6-4-5-11-22)16-9-10-17(21)18(13-16)26-14-15-7-8-15/h9-10,13,15,19,23H,4-8,11-12,14,22H2,1-3H3. The van der Waals surface area contributed by atoms with E-state index >= 15 is 0 Å². The highest BCUT2D eigenvalue weighted by Gasteiger charge is 2.31. The molecule has 1 fully saturated rings. The number of hydrogen-bond donors (Lipinski definition) is 2. The van der Waals surface area contributed by atoms with E-state index in [1.54, 1.807) is 12.1 Å². The summed E-state index contributed by atoms with van der Waals surface area (Å²) in [6.07, 6.45) is 4.42. The molecule has 1 aliphatic carbocycles. The minimum Gasteiger partial charge on any atom is -0.490 e. The second kappa shape index (κ2) is 9.34. The van der Waals surface area contributed by atoms with E-state index in [1.807, 2.05) is 20.8 Å². The van der Waals surface area contributed by atoms with Gasteiger partial charge in [0.15, 0.2) is 11.6 Å². The first-order valence-electron chi connectivity index (χ1n) is 9.74. The molecule has 1 saturated carbocycles. The molecule has 0 aromatic heterocycles. The molecule has 0 amide bonds. The summed E-state index contributed by atoms with van der Waals surface area (Å²) < 4.78 is 47.6. The monoisotopic (exact) mass is 400 g/mol. The van der Waals surface area contributed by atoms with Gasteiger partial charge in [-0.3, -0.25) is 0 Å². The Bertz CT molecular complexity index is 712. The predicted octanol–water partition coefficient (Wildman–Crippen LogP) is 3.75. The van der Waals surface area contributed by atoms with E-state index in [4.69, 9.17) is 10.5 Å². The van der Waals surface area contributed by atoms with Crippen LogP contribution in [0.15, 0.2) is 18.2 Å². The van der Waals surface area contributed by atoms with Crippen LogP contribution in [0.5, 0.6) is 5.75 Å². The first kappa shape index (κ1) is 22.1. The molecule has 0 saturated heterocycles. The lowest BCUT2D eigenvalue weighted by Crippen LogP contribution is -2.38. The molecule has 0 aliphatic heterocycles. The molecule has 1 aliphatic rings. The number of halogens is 1. The predicted molar refractivity (Wildman–Crippen MR) is 107 cm³/mol. The molecule has 27 heavy (non-hydrogen) atoms. The zero-order chi connectivity index (χ0) is 20.1. The quantitative estimate of drug-likeness (QED) is 0.554. The molecule has 2 rings (SSSR count). The summed E-state index contributed by atoms with van der Waals surface area (Å²) in [5, 5.41) is 0. The van der Waals surface area contributed by atoms with Crippen LogP contribution < -0.4 is 15.2 Å². The van der Waals surface area contributed by atoms with Crippen LogP contribution in [0.3, 0.4) is 0 Å². The van der Waals surface area contributed by atoms with Gasteiger partial charge < -0.3 is 10.5 Å². The van der Waals surface area contributed by atoms with E-state index in [0.29, 0.717) is 31.1 Å². The molecule has 5 nitrogen and oxygen atoms in total. The van der Waals surface area contributed by atoms with Crippen LogP contribution in [0.2, 0.25) is 0 Å². The van der Waals surface area contributed by atoms with Crippen molar-refractivity contribution in [2.45, 2.75) is 58.9 Å². The summed E-state index contributed by atoms with van der Waals surface area (Å²) in [6, 6.07) is 4.14. The van der Waals surface area contributed by atoms with Crippen molar-refractivity contribution in [1.82, 2.24) is 4.72 Å². The molecule has 3 N–H and O–H groups in total. The van der Waals surface area contributed by atoms with Crippen LogP contribution >= 0.6 is 0 Å². The largest absolute Gasteiger partial charge is 0.490 e. The number of rotatable bonds is 11. The van der Waals surface area contributed by atoms with Crippen LogP contribution in [0.25, 0.3) is 0 Å². The molecule has 0 heterocycles. The number of nitrogens with one attached hydrogen (secondary N) is 1. The van der Waals surface area contributed by atoms with Crippen molar-refractivity contribution in [2.24, 2.45) is 17.1 Å². The van der Waals surface area contributed by atoms with Crippen molar-refractivity contribution < 1.29 is 17.5 Å². The zero-order valence-electron chi connectivity index (χ0n) is 16.6. The van der Waals surface area contributed by atoms with Crippen LogP contribution in [0, 0.1) is 17.2 Å². The SMILES string of the molecule is CC(C)(C)C(NS(=O)(=O)CCCCCN)c1ccc(F)c(OCC2CC2)c1. The number of ether oxygens (including phenoxy) is 1. The molecule has 154 valence electrons. The van der Waals surface area contributed by atoms with Crippen molar-refractivity contribution in [1.29, 1.82) is 0 Å². The Morgan fingerprint density at radius 1 is 1.26 bits per heavy atom. The van der Waals surface area contributed by atoms with Crippen molar-refractivity contribution in [3.63, 3.8) is 0 Å². The highest BCUT2D eigenvalue weighted by atomic mass is 32.2. The lowest BCUT2D eigenvalue weighted by Gasteiger charge is -2.32. The average molecular weight is 401 g/mol. The molecule has 1 atom stereocenters. The van der Waals surface area contributed by atoms with E-state index in [-0.39, 0.29) is 16.9 Å². The molecule has 0 radical (unpaired) electrons. The molecule has 0 bridgehead atoms. The summed E-state index contributed by atoms with van der Waals surface area (Å²) in [4.78, 5) is 0. The van der Waals surface area contributed by atoms with Gasteiger partial charge in [0.25, 0.3) is 0 Å². The number of benzene rings is 1. The summed E-state index contributed by atoms with van der Waals surface area (Å²) >= 11 is 0. The molecule has 1 aromatic rings. The van der Waals surface area contributed by atoms with Gasteiger partial charge in [0.1, 0.15) is 0 Å². The zero-order valence-corrected chi connectivity index (χ0v) is 17.4. The van der Waals surface area contributed by atoms with Crippen LogP contribution in [-0.4, -0.2) is 27.3 Å². The third kappa shape index (κ3) is 7.39. The van der Waals surface area contributed by atoms with Crippen molar-refractivity contribution in [3.05, 3.63) is 29.6 Å². The number of sulfonamides is 1. The van der Waals surface area contributed by atoms with Gasteiger partial charge in [0.05, 0.1) is 18.4 Å². The Kier molecular flexibility index (Phi) is 7.65. The lowest BCUT2D eigenvalue weighted by molar-refractivity contribution is 0.280. The number of unbranched alkanes of at least 4 members (excludes halogenated alkanes) is 2. The van der Waals surface area contributed by atoms with E-state index in [9.17, 15) is 12.8 Å². The third-order valence-corrected chi connectivity index (χ3v) is 6.16. The summed E-state index contributed by atoms with van der Waals surface area (Å²) in [6.45, 7) is 6.96.